The third-order valence-corrected chi connectivity index (χ3v) is 3.98. The van der Waals surface area contributed by atoms with Crippen LogP contribution in [0.4, 0.5) is 5.82 Å². The molecule has 0 atom stereocenters. The summed E-state index contributed by atoms with van der Waals surface area (Å²) in [4.78, 5) is 30.7. The molecule has 0 saturated carbocycles. The van der Waals surface area contributed by atoms with E-state index in [9.17, 15) is 14.7 Å². The quantitative estimate of drug-likeness (QED) is 0.360. The largest absolute Gasteiger partial charge is 0.475 e. The molecule has 0 spiro atoms. The maximum atomic E-state index is 12.2. The topological polar surface area (TPSA) is 123 Å². The molecule has 0 aliphatic carbocycles. The Balaban J connectivity index is 2.30. The molecule has 2 rings (SSSR count). The fraction of sp³-hybridized carbons (Fsp3) is 0.600. The summed E-state index contributed by atoms with van der Waals surface area (Å²) in [5.41, 5.74) is 2.35. The van der Waals surface area contributed by atoms with E-state index in [2.05, 4.69) is 14.2 Å². The van der Waals surface area contributed by atoms with Gasteiger partial charge in [0.1, 0.15) is 0 Å². The SMILES string of the molecule is CCC/C(C(=O)ONCC)=C(\Oc1nsnc1N1CCOCC1)C(=O)O. The number of nitrogens with zero attached hydrogens (tertiary/aromatic N) is 3. The maximum absolute atomic E-state index is 12.2. The van der Waals surface area contributed by atoms with E-state index in [0.29, 0.717) is 45.1 Å². The van der Waals surface area contributed by atoms with Crippen LogP contribution in [-0.4, -0.2) is 58.6 Å². The van der Waals surface area contributed by atoms with Gasteiger partial charge in [0.05, 0.1) is 30.5 Å². The van der Waals surface area contributed by atoms with Crippen molar-refractivity contribution in [2.24, 2.45) is 0 Å². The highest BCUT2D eigenvalue weighted by Gasteiger charge is 2.28. The minimum absolute atomic E-state index is 0.0548. The Labute approximate surface area is 155 Å². The van der Waals surface area contributed by atoms with E-state index in [4.69, 9.17) is 14.3 Å². The highest BCUT2D eigenvalue weighted by Crippen LogP contribution is 2.29. The normalized spacial score (nSPS) is 15.4. The molecule has 0 aromatic carbocycles. The minimum Gasteiger partial charge on any atom is -0.475 e. The van der Waals surface area contributed by atoms with Crippen molar-refractivity contribution in [1.29, 1.82) is 0 Å². The molecule has 1 aliphatic heterocycles. The number of carbonyl (C=O) groups excluding carboxylic acids is 1. The van der Waals surface area contributed by atoms with E-state index < -0.39 is 17.7 Å². The first-order valence-corrected chi connectivity index (χ1v) is 9.05. The lowest BCUT2D eigenvalue weighted by atomic mass is 10.1. The van der Waals surface area contributed by atoms with Crippen LogP contribution in [0.15, 0.2) is 11.3 Å². The van der Waals surface area contributed by atoms with Crippen molar-refractivity contribution in [2.75, 3.05) is 37.7 Å². The Kier molecular flexibility index (Phi) is 7.75. The number of carbonyl (C=O) groups is 2. The average Bonchev–Trinajstić information content (AvgIpc) is 3.11. The molecule has 0 radical (unpaired) electrons. The molecule has 11 heteroatoms. The lowest BCUT2D eigenvalue weighted by Gasteiger charge is -2.26. The molecular weight excluding hydrogens is 364 g/mol. The zero-order chi connectivity index (χ0) is 18.9. The van der Waals surface area contributed by atoms with E-state index in [-0.39, 0.29) is 17.9 Å². The van der Waals surface area contributed by atoms with Crippen LogP contribution in [0.3, 0.4) is 0 Å². The zero-order valence-electron chi connectivity index (χ0n) is 14.7. The van der Waals surface area contributed by atoms with Crippen molar-refractivity contribution < 1.29 is 29.0 Å². The van der Waals surface area contributed by atoms with Gasteiger partial charge in [-0.3, -0.25) is 0 Å². The van der Waals surface area contributed by atoms with Crippen LogP contribution >= 0.6 is 11.7 Å². The third-order valence-electron chi connectivity index (χ3n) is 3.48. The van der Waals surface area contributed by atoms with E-state index in [0.717, 1.165) is 11.7 Å². The van der Waals surface area contributed by atoms with Crippen molar-refractivity contribution in [2.45, 2.75) is 26.7 Å². The summed E-state index contributed by atoms with van der Waals surface area (Å²) in [5, 5.41) is 9.56. The van der Waals surface area contributed by atoms with Crippen LogP contribution in [0.5, 0.6) is 5.88 Å². The number of anilines is 1. The molecule has 1 saturated heterocycles. The summed E-state index contributed by atoms with van der Waals surface area (Å²) in [7, 11) is 0. The van der Waals surface area contributed by atoms with Gasteiger partial charge >= 0.3 is 11.9 Å². The van der Waals surface area contributed by atoms with Gasteiger partial charge in [-0.25, -0.2) is 9.59 Å². The molecule has 0 bridgehead atoms. The van der Waals surface area contributed by atoms with Crippen LogP contribution < -0.4 is 15.1 Å². The molecule has 1 fully saturated rings. The van der Waals surface area contributed by atoms with Crippen molar-refractivity contribution >= 4 is 29.5 Å². The first-order chi connectivity index (χ1) is 12.6. The fourth-order valence-corrected chi connectivity index (χ4v) is 2.80. The van der Waals surface area contributed by atoms with Gasteiger partial charge < -0.3 is 24.3 Å². The standard InChI is InChI=1S/C15H22N4O6S/c1-3-5-10(15(22)25-16-4-2)11(14(20)21)24-13-12(17-26-18-13)19-6-8-23-9-7-19/h16H,3-9H2,1-2H3,(H,20,21)/b11-10+. The fourth-order valence-electron chi connectivity index (χ4n) is 2.30. The Hall–Kier alpha value is -2.24. The molecule has 2 heterocycles. The van der Waals surface area contributed by atoms with Crippen LogP contribution in [0, 0.1) is 0 Å². The second-order valence-corrected chi connectivity index (χ2v) is 5.87. The van der Waals surface area contributed by atoms with Gasteiger partial charge in [-0.1, -0.05) is 13.3 Å². The van der Waals surface area contributed by atoms with Gasteiger partial charge in [0.15, 0.2) is 0 Å². The van der Waals surface area contributed by atoms with Crippen molar-refractivity contribution in [1.82, 2.24) is 14.2 Å². The number of ether oxygens (including phenoxy) is 2. The first-order valence-electron chi connectivity index (χ1n) is 8.32. The number of carboxylic acid groups (broad SMARTS) is 1. The molecule has 1 aromatic rings. The predicted octanol–water partition coefficient (Wildman–Crippen LogP) is 0.960. The number of carboxylic acids is 1. The van der Waals surface area contributed by atoms with Crippen molar-refractivity contribution in [3.63, 3.8) is 0 Å². The van der Waals surface area contributed by atoms with Gasteiger partial charge in [0, 0.05) is 19.6 Å². The number of hydroxylamine groups is 1. The molecule has 0 amide bonds. The Morgan fingerprint density at radius 2 is 2.04 bits per heavy atom. The second kappa shape index (κ2) is 10.0. The minimum atomic E-state index is -1.37. The van der Waals surface area contributed by atoms with Crippen LogP contribution in [0.2, 0.25) is 0 Å². The third kappa shape index (κ3) is 5.13. The summed E-state index contributed by atoms with van der Waals surface area (Å²) < 4.78 is 19.0. The number of nitrogens with one attached hydrogen (secondary N) is 1. The summed E-state index contributed by atoms with van der Waals surface area (Å²) in [6.07, 6.45) is 0.735. The van der Waals surface area contributed by atoms with Crippen LogP contribution in [0.1, 0.15) is 26.7 Å². The molecule has 10 nitrogen and oxygen atoms in total. The summed E-state index contributed by atoms with van der Waals surface area (Å²) in [6.45, 7) is 6.23. The van der Waals surface area contributed by atoms with Gasteiger partial charge in [-0.2, -0.15) is 9.85 Å². The number of morpholine rings is 1. The Morgan fingerprint density at radius 1 is 1.31 bits per heavy atom. The summed E-state index contributed by atoms with van der Waals surface area (Å²) in [5.74, 6) is -2.17. The second-order valence-electron chi connectivity index (χ2n) is 5.34. The van der Waals surface area contributed by atoms with E-state index in [1.165, 1.54) is 0 Å². The highest BCUT2D eigenvalue weighted by molar-refractivity contribution is 6.99. The molecule has 144 valence electrons. The smallest absolute Gasteiger partial charge is 0.372 e. The van der Waals surface area contributed by atoms with Crippen molar-refractivity contribution in [3.8, 4) is 5.88 Å². The maximum Gasteiger partial charge on any atom is 0.372 e. The highest BCUT2D eigenvalue weighted by atomic mass is 32.1. The Morgan fingerprint density at radius 3 is 2.65 bits per heavy atom. The molecule has 1 aromatic heterocycles. The summed E-state index contributed by atoms with van der Waals surface area (Å²) >= 11 is 0.909. The molecule has 1 aliphatic rings. The lowest BCUT2D eigenvalue weighted by molar-refractivity contribution is -0.147. The Bertz CT molecular complexity index is 656. The average molecular weight is 386 g/mol. The lowest BCUT2D eigenvalue weighted by Crippen LogP contribution is -2.36. The number of hydrogen-bond acceptors (Lipinski definition) is 10. The van der Waals surface area contributed by atoms with E-state index >= 15 is 0 Å². The first kappa shape index (κ1) is 20.1. The molecule has 0 unspecified atom stereocenters. The van der Waals surface area contributed by atoms with E-state index in [1.807, 2.05) is 11.8 Å². The molecular formula is C15H22N4O6S. The monoisotopic (exact) mass is 386 g/mol. The van der Waals surface area contributed by atoms with Crippen LogP contribution in [0.25, 0.3) is 0 Å². The summed E-state index contributed by atoms with van der Waals surface area (Å²) in [6, 6.07) is 0. The van der Waals surface area contributed by atoms with Gasteiger partial charge in [-0.05, 0) is 13.3 Å². The number of aliphatic carboxylic acids is 1. The zero-order valence-corrected chi connectivity index (χ0v) is 15.5. The van der Waals surface area contributed by atoms with Gasteiger partial charge in [-0.15, -0.1) is 4.37 Å². The van der Waals surface area contributed by atoms with Crippen LogP contribution in [-0.2, 0) is 19.2 Å². The van der Waals surface area contributed by atoms with E-state index in [1.54, 1.807) is 6.92 Å². The van der Waals surface area contributed by atoms with Gasteiger partial charge in [0.25, 0.3) is 5.88 Å². The molecule has 26 heavy (non-hydrogen) atoms. The number of rotatable bonds is 9. The predicted molar refractivity (Wildman–Crippen MR) is 92.9 cm³/mol. The molecule has 2 N–H and O–H groups in total. The van der Waals surface area contributed by atoms with Gasteiger partial charge in [0.2, 0.25) is 11.6 Å². The number of aromatic nitrogens is 2. The number of hydrogen-bond donors (Lipinski definition) is 2. The van der Waals surface area contributed by atoms with Crippen molar-refractivity contribution in [3.05, 3.63) is 11.3 Å².